The van der Waals surface area contributed by atoms with Crippen molar-refractivity contribution >= 4 is 16.9 Å². The lowest BCUT2D eigenvalue weighted by molar-refractivity contribution is 0.630. The highest BCUT2D eigenvalue weighted by molar-refractivity contribution is 5.89. The van der Waals surface area contributed by atoms with Crippen LogP contribution >= 0.6 is 0 Å². The van der Waals surface area contributed by atoms with Crippen molar-refractivity contribution in [3.05, 3.63) is 71.6 Å². The molecule has 0 spiro atoms. The van der Waals surface area contributed by atoms with E-state index in [1.54, 1.807) is 10.7 Å². The first-order valence-electron chi connectivity index (χ1n) is 11.3. The van der Waals surface area contributed by atoms with Crippen LogP contribution in [0.4, 0.5) is 10.1 Å². The molecule has 0 saturated heterocycles. The third-order valence-corrected chi connectivity index (χ3v) is 6.04. The number of benzene rings is 2. The molecule has 0 aliphatic rings. The summed E-state index contributed by atoms with van der Waals surface area (Å²) >= 11 is 0. The van der Waals surface area contributed by atoms with Gasteiger partial charge in [-0.05, 0) is 62.2 Å². The van der Waals surface area contributed by atoms with Crippen LogP contribution in [0.1, 0.15) is 17.0 Å². The predicted molar refractivity (Wildman–Crippen MR) is 137 cm³/mol. The normalized spacial score (nSPS) is 11.3. The average molecular weight is 468 g/mol. The molecule has 176 valence electrons. The van der Waals surface area contributed by atoms with E-state index in [1.165, 1.54) is 6.07 Å². The second-order valence-electron chi connectivity index (χ2n) is 9.01. The molecule has 2 aromatic carbocycles. The van der Waals surface area contributed by atoms with Crippen molar-refractivity contribution in [1.82, 2.24) is 29.7 Å². The number of rotatable bonds is 4. The molecule has 5 rings (SSSR count). The van der Waals surface area contributed by atoms with Gasteiger partial charge in [0.25, 0.3) is 0 Å². The summed E-state index contributed by atoms with van der Waals surface area (Å²) in [7, 11) is 5.64. The van der Waals surface area contributed by atoms with E-state index in [-0.39, 0.29) is 5.82 Å². The molecule has 35 heavy (non-hydrogen) atoms. The molecule has 0 radical (unpaired) electrons. The number of aryl methyl sites for hydroxylation is 4. The molecule has 0 amide bonds. The molecule has 8 heteroatoms. The van der Waals surface area contributed by atoms with Gasteiger partial charge >= 0.3 is 0 Å². The lowest BCUT2D eigenvalue weighted by atomic mass is 10.0. The predicted octanol–water partition coefficient (Wildman–Crippen LogP) is 5.28. The molecular formula is C27H26FN7. The quantitative estimate of drug-likeness (QED) is 0.358. The van der Waals surface area contributed by atoms with Crippen LogP contribution in [0.25, 0.3) is 44.9 Å². The summed E-state index contributed by atoms with van der Waals surface area (Å²) in [6.07, 6.45) is 3.79. The van der Waals surface area contributed by atoms with Gasteiger partial charge in [-0.3, -0.25) is 4.68 Å². The number of fused-ring (bicyclic) bond motifs is 1. The zero-order valence-electron chi connectivity index (χ0n) is 20.6. The number of aromatic nitrogens is 6. The van der Waals surface area contributed by atoms with Crippen LogP contribution in [0.3, 0.4) is 0 Å². The standard InChI is InChI=1S/C27H26FN7/c1-15-9-18(20-13-29-35(6)14-20)11-19(10-15)26-32-24(22-8-7-21(34(4)5)12-23(22)28)25-27(33-26)31-17(3)16(2)30-25/h7-14H,1-6H3. The van der Waals surface area contributed by atoms with Crippen LogP contribution in [0, 0.1) is 26.6 Å². The van der Waals surface area contributed by atoms with Gasteiger partial charge in [0.1, 0.15) is 17.0 Å². The van der Waals surface area contributed by atoms with E-state index in [4.69, 9.17) is 15.0 Å². The van der Waals surface area contributed by atoms with Gasteiger partial charge in [0, 0.05) is 49.7 Å². The Bertz CT molecular complexity index is 1590. The molecule has 3 aromatic heterocycles. The maximum Gasteiger partial charge on any atom is 0.182 e. The first-order valence-corrected chi connectivity index (χ1v) is 11.3. The Hall–Kier alpha value is -4.20. The fraction of sp³-hybridized carbons (Fsp3) is 0.222. The molecule has 0 fully saturated rings. The molecule has 5 aromatic rings. The van der Waals surface area contributed by atoms with E-state index < -0.39 is 0 Å². The SMILES string of the molecule is Cc1cc(-c2cnn(C)c2)cc(-c2nc(-c3ccc(N(C)C)cc3F)c3nc(C)c(C)nc3n2)c1. The van der Waals surface area contributed by atoms with E-state index in [2.05, 4.69) is 16.1 Å². The maximum atomic E-state index is 15.3. The minimum atomic E-state index is -0.373. The largest absolute Gasteiger partial charge is 0.378 e. The van der Waals surface area contributed by atoms with Gasteiger partial charge in [-0.15, -0.1) is 0 Å². The summed E-state index contributed by atoms with van der Waals surface area (Å²) in [5.74, 6) is 0.0949. The summed E-state index contributed by atoms with van der Waals surface area (Å²) in [5.41, 5.74) is 7.88. The molecule has 0 unspecified atom stereocenters. The average Bonchev–Trinajstić information content (AvgIpc) is 3.25. The van der Waals surface area contributed by atoms with Crippen LogP contribution in [0.2, 0.25) is 0 Å². The monoisotopic (exact) mass is 467 g/mol. The van der Waals surface area contributed by atoms with Crippen molar-refractivity contribution in [1.29, 1.82) is 0 Å². The molecule has 0 aliphatic carbocycles. The fourth-order valence-electron chi connectivity index (χ4n) is 4.05. The molecular weight excluding hydrogens is 441 g/mol. The summed E-state index contributed by atoms with van der Waals surface area (Å²) in [6, 6.07) is 11.2. The third kappa shape index (κ3) is 4.23. The minimum Gasteiger partial charge on any atom is -0.378 e. The zero-order chi connectivity index (χ0) is 24.9. The number of nitrogens with zero attached hydrogens (tertiary/aromatic N) is 7. The molecule has 0 bridgehead atoms. The Balaban J connectivity index is 1.76. The van der Waals surface area contributed by atoms with Crippen molar-refractivity contribution in [2.75, 3.05) is 19.0 Å². The first-order chi connectivity index (χ1) is 16.7. The van der Waals surface area contributed by atoms with E-state index in [0.29, 0.717) is 28.2 Å². The number of hydrogen-bond donors (Lipinski definition) is 0. The van der Waals surface area contributed by atoms with Crippen LogP contribution in [-0.4, -0.2) is 43.8 Å². The molecule has 0 saturated carbocycles. The first kappa shape index (κ1) is 22.6. The Morgan fingerprint density at radius 2 is 1.57 bits per heavy atom. The van der Waals surface area contributed by atoms with Crippen LogP contribution < -0.4 is 4.90 Å². The molecule has 0 atom stereocenters. The molecule has 7 nitrogen and oxygen atoms in total. The van der Waals surface area contributed by atoms with Gasteiger partial charge in [0.05, 0.1) is 17.6 Å². The minimum absolute atomic E-state index is 0.363. The van der Waals surface area contributed by atoms with Crippen LogP contribution in [-0.2, 0) is 7.05 Å². The number of anilines is 1. The molecule has 0 N–H and O–H groups in total. The van der Waals surface area contributed by atoms with Crippen molar-refractivity contribution in [2.45, 2.75) is 20.8 Å². The van der Waals surface area contributed by atoms with Crippen molar-refractivity contribution in [2.24, 2.45) is 7.05 Å². The second-order valence-corrected chi connectivity index (χ2v) is 9.01. The van der Waals surface area contributed by atoms with E-state index in [0.717, 1.165) is 39.3 Å². The lowest BCUT2D eigenvalue weighted by Gasteiger charge is -2.15. The molecule has 3 heterocycles. The summed E-state index contributed by atoms with van der Waals surface area (Å²) in [5, 5.41) is 4.29. The lowest BCUT2D eigenvalue weighted by Crippen LogP contribution is -2.09. The van der Waals surface area contributed by atoms with Gasteiger partial charge < -0.3 is 4.90 Å². The van der Waals surface area contributed by atoms with Crippen LogP contribution in [0.5, 0.6) is 0 Å². The van der Waals surface area contributed by atoms with E-state index in [9.17, 15) is 0 Å². The van der Waals surface area contributed by atoms with Crippen molar-refractivity contribution < 1.29 is 4.39 Å². The fourth-order valence-corrected chi connectivity index (χ4v) is 4.05. The number of halogens is 1. The maximum absolute atomic E-state index is 15.3. The van der Waals surface area contributed by atoms with Gasteiger partial charge in [-0.25, -0.2) is 24.3 Å². The highest BCUT2D eigenvalue weighted by Crippen LogP contribution is 2.33. The second kappa shape index (κ2) is 8.54. The van der Waals surface area contributed by atoms with Crippen molar-refractivity contribution in [3.8, 4) is 33.8 Å². The van der Waals surface area contributed by atoms with Gasteiger partial charge in [-0.2, -0.15) is 5.10 Å². The highest BCUT2D eigenvalue weighted by Gasteiger charge is 2.19. The highest BCUT2D eigenvalue weighted by atomic mass is 19.1. The Morgan fingerprint density at radius 1 is 0.829 bits per heavy atom. The Morgan fingerprint density at radius 3 is 2.26 bits per heavy atom. The third-order valence-electron chi connectivity index (χ3n) is 6.04. The van der Waals surface area contributed by atoms with Crippen molar-refractivity contribution in [3.63, 3.8) is 0 Å². The van der Waals surface area contributed by atoms with Gasteiger partial charge in [0.15, 0.2) is 11.5 Å². The van der Waals surface area contributed by atoms with E-state index >= 15 is 4.39 Å². The smallest absolute Gasteiger partial charge is 0.182 e. The zero-order valence-corrected chi connectivity index (χ0v) is 20.6. The van der Waals surface area contributed by atoms with Gasteiger partial charge in [0.2, 0.25) is 0 Å². The summed E-state index contributed by atoms with van der Waals surface area (Å²) in [6.45, 7) is 5.80. The van der Waals surface area contributed by atoms with Gasteiger partial charge in [-0.1, -0.05) is 6.07 Å². The number of hydrogen-bond acceptors (Lipinski definition) is 6. The van der Waals surface area contributed by atoms with E-state index in [1.807, 2.05) is 77.4 Å². The Kier molecular flexibility index (Phi) is 5.51. The Labute approximate surface area is 203 Å². The summed E-state index contributed by atoms with van der Waals surface area (Å²) < 4.78 is 17.1. The topological polar surface area (TPSA) is 72.6 Å². The van der Waals surface area contributed by atoms with Crippen LogP contribution in [0.15, 0.2) is 48.8 Å². The molecule has 0 aliphatic heterocycles. The summed E-state index contributed by atoms with van der Waals surface area (Å²) in [4.78, 5) is 20.8.